The molecule has 0 aliphatic carbocycles. The highest BCUT2D eigenvalue weighted by Gasteiger charge is 2.27. The Labute approximate surface area is 128 Å². The van der Waals surface area contributed by atoms with Gasteiger partial charge in [-0.1, -0.05) is 11.6 Å². The van der Waals surface area contributed by atoms with Crippen molar-refractivity contribution in [1.82, 2.24) is 4.90 Å². The van der Waals surface area contributed by atoms with Crippen molar-refractivity contribution in [2.24, 2.45) is 10.7 Å². The first kappa shape index (κ1) is 16.2. The fraction of sp³-hybridized carbons (Fsp3) is 0.769. The standard InChI is InChI=1S/C13H21ClN4O3/c14-13(12(9-15)18(19)20)16-10-1-5-17(6-2-10)11-3-7-21-8-4-11/h9-11H,1-8,15H2. The van der Waals surface area contributed by atoms with Gasteiger partial charge in [0.25, 0.3) is 0 Å². The van der Waals surface area contributed by atoms with Crippen molar-refractivity contribution in [1.29, 1.82) is 0 Å². The summed E-state index contributed by atoms with van der Waals surface area (Å²) in [6, 6.07) is 0.626. The zero-order chi connectivity index (χ0) is 15.2. The van der Waals surface area contributed by atoms with Crippen molar-refractivity contribution in [3.8, 4) is 0 Å². The van der Waals surface area contributed by atoms with Crippen molar-refractivity contribution in [2.45, 2.75) is 37.8 Å². The average molecular weight is 317 g/mol. The van der Waals surface area contributed by atoms with Crippen LogP contribution in [0, 0.1) is 10.1 Å². The maximum absolute atomic E-state index is 10.7. The van der Waals surface area contributed by atoms with Gasteiger partial charge in [0, 0.05) is 32.3 Å². The molecule has 2 aliphatic rings. The van der Waals surface area contributed by atoms with E-state index in [0.29, 0.717) is 6.04 Å². The second-order valence-corrected chi connectivity index (χ2v) is 5.70. The van der Waals surface area contributed by atoms with Gasteiger partial charge in [-0.15, -0.1) is 0 Å². The van der Waals surface area contributed by atoms with Crippen LogP contribution in [-0.4, -0.2) is 53.4 Å². The summed E-state index contributed by atoms with van der Waals surface area (Å²) in [7, 11) is 0. The smallest absolute Gasteiger partial charge is 0.321 e. The number of ether oxygens (including phenoxy) is 1. The van der Waals surface area contributed by atoms with Crippen molar-refractivity contribution in [2.75, 3.05) is 26.3 Å². The first-order valence-corrected chi connectivity index (χ1v) is 7.61. The van der Waals surface area contributed by atoms with E-state index < -0.39 is 4.92 Å². The molecule has 0 saturated carbocycles. The van der Waals surface area contributed by atoms with Crippen LogP contribution in [0.4, 0.5) is 0 Å². The van der Waals surface area contributed by atoms with Gasteiger partial charge in [0.05, 0.1) is 17.2 Å². The summed E-state index contributed by atoms with van der Waals surface area (Å²) in [6.45, 7) is 3.57. The number of aliphatic imine (C=N–C) groups is 1. The number of piperidine rings is 1. The van der Waals surface area contributed by atoms with Gasteiger partial charge in [0.2, 0.25) is 5.17 Å². The molecule has 0 amide bonds. The summed E-state index contributed by atoms with van der Waals surface area (Å²) < 4.78 is 5.38. The van der Waals surface area contributed by atoms with Gasteiger partial charge in [-0.25, -0.2) is 0 Å². The summed E-state index contributed by atoms with van der Waals surface area (Å²) in [6.07, 6.45) is 4.78. The number of nitrogens with two attached hydrogens (primary N) is 1. The molecular weight excluding hydrogens is 296 g/mol. The number of nitro groups is 1. The lowest BCUT2D eigenvalue weighted by atomic mass is 10.00. The molecule has 7 nitrogen and oxygen atoms in total. The number of hydrogen-bond donors (Lipinski definition) is 1. The van der Waals surface area contributed by atoms with E-state index in [2.05, 4.69) is 9.89 Å². The third kappa shape index (κ3) is 4.39. The molecule has 0 aromatic heterocycles. The van der Waals surface area contributed by atoms with Crippen LogP contribution in [0.15, 0.2) is 16.9 Å². The minimum absolute atomic E-state index is 0.0310. The molecule has 2 heterocycles. The molecule has 0 spiro atoms. The molecule has 0 aromatic carbocycles. The molecule has 0 aromatic rings. The highest BCUT2D eigenvalue weighted by Crippen LogP contribution is 2.22. The zero-order valence-corrected chi connectivity index (χ0v) is 12.7. The minimum Gasteiger partial charge on any atom is -0.399 e. The normalized spacial score (nSPS) is 24.2. The summed E-state index contributed by atoms with van der Waals surface area (Å²) in [5.41, 5.74) is 4.88. The van der Waals surface area contributed by atoms with E-state index in [4.69, 9.17) is 22.1 Å². The van der Waals surface area contributed by atoms with E-state index in [1.807, 2.05) is 0 Å². The third-order valence-corrected chi connectivity index (χ3v) is 4.36. The average Bonchev–Trinajstić information content (AvgIpc) is 2.49. The minimum atomic E-state index is -0.608. The van der Waals surface area contributed by atoms with Gasteiger partial charge in [-0.2, -0.15) is 0 Å². The van der Waals surface area contributed by atoms with Crippen LogP contribution in [-0.2, 0) is 4.74 Å². The van der Waals surface area contributed by atoms with Crippen molar-refractivity contribution < 1.29 is 9.66 Å². The Balaban J connectivity index is 1.87. The van der Waals surface area contributed by atoms with Crippen molar-refractivity contribution in [3.63, 3.8) is 0 Å². The Morgan fingerprint density at radius 3 is 2.48 bits per heavy atom. The molecule has 0 unspecified atom stereocenters. The topological polar surface area (TPSA) is 94.0 Å². The number of nitrogens with zero attached hydrogens (tertiary/aromatic N) is 3. The quantitative estimate of drug-likeness (QED) is 0.480. The van der Waals surface area contributed by atoms with E-state index in [1.165, 1.54) is 0 Å². The van der Waals surface area contributed by atoms with E-state index in [1.54, 1.807) is 0 Å². The summed E-state index contributed by atoms with van der Waals surface area (Å²) >= 11 is 5.89. The Hall–Kier alpha value is -1.18. The summed E-state index contributed by atoms with van der Waals surface area (Å²) in [5, 5.41) is 10.6. The van der Waals surface area contributed by atoms with Crippen LogP contribution in [0.2, 0.25) is 0 Å². The Morgan fingerprint density at radius 2 is 1.95 bits per heavy atom. The first-order chi connectivity index (χ1) is 10.1. The number of likely N-dealkylation sites (tertiary alicyclic amines) is 1. The fourth-order valence-corrected chi connectivity index (χ4v) is 3.13. The Bertz CT molecular complexity index is 427. The highest BCUT2D eigenvalue weighted by atomic mass is 35.5. The first-order valence-electron chi connectivity index (χ1n) is 7.23. The van der Waals surface area contributed by atoms with Gasteiger partial charge < -0.3 is 15.4 Å². The monoisotopic (exact) mass is 316 g/mol. The van der Waals surface area contributed by atoms with Gasteiger partial charge >= 0.3 is 5.70 Å². The molecule has 2 N–H and O–H groups in total. The second-order valence-electron chi connectivity index (χ2n) is 5.34. The number of rotatable bonds is 4. The molecule has 2 fully saturated rings. The molecule has 8 heteroatoms. The zero-order valence-electron chi connectivity index (χ0n) is 11.9. The van der Waals surface area contributed by atoms with Gasteiger partial charge in [0.1, 0.15) is 0 Å². The second kappa shape index (κ2) is 7.72. The third-order valence-electron chi connectivity index (χ3n) is 4.07. The Kier molecular flexibility index (Phi) is 5.96. The number of allylic oxidation sites excluding steroid dienone is 1. The maximum Gasteiger partial charge on any atom is 0.321 e. The van der Waals surface area contributed by atoms with Gasteiger partial charge in [-0.05, 0) is 25.7 Å². The largest absolute Gasteiger partial charge is 0.399 e. The fourth-order valence-electron chi connectivity index (χ4n) is 2.86. The molecule has 118 valence electrons. The lowest BCUT2D eigenvalue weighted by molar-refractivity contribution is -0.414. The van der Waals surface area contributed by atoms with Crippen molar-refractivity contribution >= 4 is 16.8 Å². The van der Waals surface area contributed by atoms with Crippen LogP contribution in [0.5, 0.6) is 0 Å². The Morgan fingerprint density at radius 1 is 1.33 bits per heavy atom. The van der Waals surface area contributed by atoms with Gasteiger partial charge in [0.15, 0.2) is 0 Å². The van der Waals surface area contributed by atoms with Crippen LogP contribution in [0.1, 0.15) is 25.7 Å². The van der Waals surface area contributed by atoms with Crippen LogP contribution in [0.25, 0.3) is 0 Å². The molecule has 0 radical (unpaired) electrons. The number of halogens is 1. The van der Waals surface area contributed by atoms with E-state index in [-0.39, 0.29) is 16.9 Å². The lowest BCUT2D eigenvalue weighted by Gasteiger charge is -2.38. The summed E-state index contributed by atoms with van der Waals surface area (Å²) in [5.74, 6) is 0. The predicted molar refractivity (Wildman–Crippen MR) is 81.0 cm³/mol. The van der Waals surface area contributed by atoms with E-state index >= 15 is 0 Å². The summed E-state index contributed by atoms with van der Waals surface area (Å²) in [4.78, 5) is 16.9. The molecule has 21 heavy (non-hydrogen) atoms. The maximum atomic E-state index is 10.7. The molecular formula is C13H21ClN4O3. The SMILES string of the molecule is NC=C(C(Cl)=NC1CCN(C2CCOCC2)CC1)[N+](=O)[O-]. The number of hydrogen-bond acceptors (Lipinski definition) is 6. The molecule has 2 saturated heterocycles. The van der Waals surface area contributed by atoms with E-state index in [9.17, 15) is 10.1 Å². The molecule has 0 atom stereocenters. The lowest BCUT2D eigenvalue weighted by Crippen LogP contribution is -2.45. The molecule has 2 rings (SSSR count). The molecule has 2 aliphatic heterocycles. The molecule has 0 bridgehead atoms. The predicted octanol–water partition coefficient (Wildman–Crippen LogP) is 1.34. The van der Waals surface area contributed by atoms with Crippen LogP contribution >= 0.6 is 11.6 Å². The highest BCUT2D eigenvalue weighted by molar-refractivity contribution is 6.69. The van der Waals surface area contributed by atoms with Crippen LogP contribution in [0.3, 0.4) is 0 Å². The van der Waals surface area contributed by atoms with Gasteiger partial charge in [-0.3, -0.25) is 15.1 Å². The van der Waals surface area contributed by atoms with Crippen molar-refractivity contribution in [3.05, 3.63) is 22.0 Å². The van der Waals surface area contributed by atoms with E-state index in [0.717, 1.165) is 58.2 Å². The van der Waals surface area contributed by atoms with Crippen LogP contribution < -0.4 is 5.73 Å².